The summed E-state index contributed by atoms with van der Waals surface area (Å²) in [6.07, 6.45) is -1.55. The predicted molar refractivity (Wildman–Crippen MR) is 439 cm³/mol. The first-order chi connectivity index (χ1) is 53.1. The van der Waals surface area contributed by atoms with Crippen LogP contribution in [0.4, 0.5) is 9.59 Å². The van der Waals surface area contributed by atoms with Crippen LogP contribution in [0.1, 0.15) is 225 Å². The minimum Gasteiger partial charge on any atom is -0.444 e. The molecule has 0 saturated heterocycles. The second-order valence-electron chi connectivity index (χ2n) is 30.2. The highest BCUT2D eigenvalue weighted by atomic mass is 35.5. The number of carbonyl (C=O) groups excluding carboxylic acids is 4. The number of benzene rings is 8. The molecule has 606 valence electrons. The first kappa shape index (κ1) is 91.3. The van der Waals surface area contributed by atoms with Crippen LogP contribution < -0.4 is 22.1 Å². The van der Waals surface area contributed by atoms with E-state index in [4.69, 9.17) is 64.4 Å². The van der Waals surface area contributed by atoms with Crippen molar-refractivity contribution in [1.29, 1.82) is 0 Å². The van der Waals surface area contributed by atoms with Crippen LogP contribution in [0.5, 0.6) is 0 Å². The van der Waals surface area contributed by atoms with Gasteiger partial charge in [0.05, 0.1) is 120 Å². The molecule has 5 unspecified atom stereocenters. The number of azide groups is 1. The number of nitrogens with zero attached hydrogens (tertiary/aromatic N) is 3. The topological polar surface area (TPSA) is 306 Å². The third-order valence-corrected chi connectivity index (χ3v) is 19.7. The molecule has 2 amide bonds. The Kier molecular flexibility index (Phi) is 35.2. The molecule has 113 heavy (non-hydrogen) atoms. The Hall–Kier alpha value is -8.91. The molecule has 0 spiro atoms. The summed E-state index contributed by atoms with van der Waals surface area (Å²) in [5.74, 6) is 0.184. The number of carbonyl (C=O) groups is 4. The molecule has 0 saturated carbocycles. The number of amides is 2. The zero-order valence-corrected chi connectivity index (χ0v) is 68.5. The molecule has 7 N–H and O–H groups in total. The normalized spacial score (nSPS) is 23.6. The van der Waals surface area contributed by atoms with Crippen LogP contribution in [0.15, 0.2) is 199 Å². The number of hydrogen-bond acceptors (Lipinski definition) is 18. The Bertz CT molecular complexity index is 4230. The zero-order chi connectivity index (χ0) is 79.9. The summed E-state index contributed by atoms with van der Waals surface area (Å²) in [6.45, 7) is 29.8. The number of fused-ring (bicyclic) bond motifs is 8. The average Bonchev–Trinajstić information content (AvgIpc) is 0.803. The number of alkyl carbamates (subject to hydrolysis) is 2. The van der Waals surface area contributed by atoms with Gasteiger partial charge in [-0.25, -0.2) is 9.59 Å². The minimum atomic E-state index is -0.498. The van der Waals surface area contributed by atoms with Gasteiger partial charge >= 0.3 is 12.2 Å². The van der Waals surface area contributed by atoms with E-state index in [-0.39, 0.29) is 116 Å². The van der Waals surface area contributed by atoms with Gasteiger partial charge in [-0.15, -0.1) is 24.8 Å². The van der Waals surface area contributed by atoms with Crippen LogP contribution in [-0.4, -0.2) is 89.4 Å². The van der Waals surface area contributed by atoms with Crippen LogP contribution in [0.3, 0.4) is 0 Å². The van der Waals surface area contributed by atoms with Gasteiger partial charge in [-0.1, -0.05) is 199 Å². The molecule has 0 fully saturated rings. The van der Waals surface area contributed by atoms with Crippen molar-refractivity contribution in [2.75, 3.05) is 6.61 Å². The first-order valence-corrected chi connectivity index (χ1v) is 37.9. The molecule has 16 rings (SSSR count). The molecule has 0 aromatic heterocycles. The quantitative estimate of drug-likeness (QED) is 0.0623. The Morgan fingerprint density at radius 3 is 1.13 bits per heavy atom. The van der Waals surface area contributed by atoms with Crippen molar-refractivity contribution in [3.63, 3.8) is 0 Å². The average molecular weight is 1590 g/mol. The number of rotatable bonds is 3. The van der Waals surface area contributed by atoms with Gasteiger partial charge in [-0.3, -0.25) is 9.59 Å². The zero-order valence-electron chi connectivity index (χ0n) is 66.8. The van der Waals surface area contributed by atoms with Crippen molar-refractivity contribution in [3.05, 3.63) is 294 Å². The molecule has 13 atom stereocenters. The highest BCUT2D eigenvalue weighted by molar-refractivity contribution is 6.01. The van der Waals surface area contributed by atoms with Gasteiger partial charge in [0.15, 0.2) is 11.6 Å². The number of ketones is 2. The molecular formula is C89H111Cl2N7O15. The third-order valence-electron chi connectivity index (χ3n) is 19.7. The fourth-order valence-electron chi connectivity index (χ4n) is 13.4. The number of aliphatic hydroxyl groups is 1. The van der Waals surface area contributed by atoms with Crippen molar-refractivity contribution >= 4 is 48.6 Å². The maximum Gasteiger partial charge on any atom is 0.408 e. The van der Waals surface area contributed by atoms with E-state index in [0.717, 1.165) is 66.8 Å². The van der Waals surface area contributed by atoms with E-state index in [1.165, 1.54) is 22.3 Å². The summed E-state index contributed by atoms with van der Waals surface area (Å²) >= 11 is 0. The molecule has 8 aliphatic heterocycles. The van der Waals surface area contributed by atoms with E-state index in [1.807, 2.05) is 253 Å². The molecule has 0 aliphatic carbocycles. The van der Waals surface area contributed by atoms with Gasteiger partial charge in [0.1, 0.15) is 30.0 Å². The largest absolute Gasteiger partial charge is 0.444 e. The van der Waals surface area contributed by atoms with E-state index in [2.05, 4.69) is 44.9 Å². The van der Waals surface area contributed by atoms with Crippen molar-refractivity contribution in [1.82, 2.24) is 10.6 Å². The van der Waals surface area contributed by atoms with Crippen molar-refractivity contribution in [2.45, 2.75) is 233 Å². The number of nitrogens with one attached hydrogen (secondary N) is 2. The lowest BCUT2D eigenvalue weighted by atomic mass is 9.95. The van der Waals surface area contributed by atoms with Gasteiger partial charge in [-0.2, -0.15) is 0 Å². The molecule has 8 heterocycles. The summed E-state index contributed by atoms with van der Waals surface area (Å²) in [6, 6.07) is 62.9. The molecule has 24 heteroatoms. The standard InChI is InChI=1S/2C15H21NO3.C10H11N3O.2C10H13NO.C10H12O2.C10H10O2.C9H8O2.2ClH/c2*1-10-13(16-14(17)19-15(2,3)4)12-8-6-5-7-11(12)9-18-10;1-7-10(12-13-11)9-5-3-2-4-8(9)6-14-7;4*1-7-10(11)9-5-3-2-4-8(9)6-12-7;10-9-6-11-5-7-3-1-2-4-8(7)9;;/h2*5-8,10,13H,9H2,1-4H3,(H,16,17);2-5,7,10H,6H2,1H3;2*2-5,7,10H,6,11H2,1H3;2-5,7,10-11H,6H2,1H3;2-5,7H,6H2,1H3;1-4H,5-6H2;2*1H/t10-,13+;10-,13-;;7-,10+;7-,10-;;;;;/m01.01...../s1. The third kappa shape index (κ3) is 26.1. The molecule has 22 nitrogen and oxygen atoms in total. The summed E-state index contributed by atoms with van der Waals surface area (Å²) in [4.78, 5) is 49.3. The molecule has 8 aromatic carbocycles. The molecule has 8 aromatic rings. The summed E-state index contributed by atoms with van der Waals surface area (Å²) in [5.41, 5.74) is 36.7. The lowest BCUT2D eigenvalue weighted by molar-refractivity contribution is -0.0524. The molecular weight excluding hydrogens is 1480 g/mol. The molecule has 0 bridgehead atoms. The predicted octanol–water partition coefficient (Wildman–Crippen LogP) is 18.2. The summed E-state index contributed by atoms with van der Waals surface area (Å²) < 4.78 is 54.1. The van der Waals surface area contributed by atoms with Gasteiger partial charge in [0.25, 0.3) is 0 Å². The number of nitrogens with two attached hydrogens (primary N) is 2. The lowest BCUT2D eigenvalue weighted by Crippen LogP contribution is -2.41. The number of Topliss-reactive ketones (excluding diaryl/α,β-unsaturated/α-hetero) is 2. The van der Waals surface area contributed by atoms with Crippen LogP contribution in [0, 0.1) is 0 Å². The first-order valence-electron chi connectivity index (χ1n) is 37.9. The van der Waals surface area contributed by atoms with Crippen LogP contribution in [0.2, 0.25) is 0 Å². The highest BCUT2D eigenvalue weighted by Gasteiger charge is 2.34. The smallest absolute Gasteiger partial charge is 0.408 e. The number of aliphatic hydroxyl groups excluding tert-OH is 1. The van der Waals surface area contributed by atoms with Gasteiger partial charge in [-0.05, 0) is 173 Å². The summed E-state index contributed by atoms with van der Waals surface area (Å²) in [7, 11) is 0. The second kappa shape index (κ2) is 43.5. The van der Waals surface area contributed by atoms with Crippen LogP contribution in [-0.2, 0) is 100 Å². The Balaban J connectivity index is 0.000000180. The van der Waals surface area contributed by atoms with Gasteiger partial charge in [0, 0.05) is 16.0 Å². The Morgan fingerprint density at radius 2 is 0.717 bits per heavy atom. The number of ether oxygens (including phenoxy) is 10. The van der Waals surface area contributed by atoms with Gasteiger partial charge < -0.3 is 74.6 Å². The maximum atomic E-state index is 11.9. The Labute approximate surface area is 677 Å². The molecule has 8 aliphatic rings. The van der Waals surface area contributed by atoms with E-state index in [1.54, 1.807) is 6.92 Å². The van der Waals surface area contributed by atoms with Crippen molar-refractivity contribution in [3.8, 4) is 0 Å². The van der Waals surface area contributed by atoms with Crippen LogP contribution in [0.25, 0.3) is 10.4 Å². The minimum absolute atomic E-state index is 0. The van der Waals surface area contributed by atoms with Crippen molar-refractivity contribution in [2.24, 2.45) is 16.6 Å². The summed E-state index contributed by atoms with van der Waals surface area (Å²) in [5, 5.41) is 19.3. The second-order valence-corrected chi connectivity index (χ2v) is 30.2. The fourth-order valence-corrected chi connectivity index (χ4v) is 13.4. The van der Waals surface area contributed by atoms with E-state index < -0.39 is 29.5 Å². The SMILES string of the molecule is CC1OCc2ccccc2C1=O.CC1OCc2ccccc2C1N=[N+]=[N-].CC1OCc2ccccc2C1O.C[C@@H]1OCc2ccccc2[C@@H]1N.C[C@@H]1OCc2ccccc2[C@@H]1NC(=O)OC(C)(C)C.C[C@H]1OCc2ccccc2[C@@H]1N.C[C@H]1OCc2ccccc2[C@@H]1NC(=O)OC(C)(C)C.Cl.Cl.O=C1COCc2ccccc21. The van der Waals surface area contributed by atoms with Crippen molar-refractivity contribution < 1.29 is 71.7 Å². The van der Waals surface area contributed by atoms with Crippen LogP contribution >= 0.6 is 24.8 Å². The molecule has 0 radical (unpaired) electrons. The number of hydrogen-bond donors (Lipinski definition) is 5. The lowest BCUT2D eigenvalue weighted by Gasteiger charge is -2.32. The van der Waals surface area contributed by atoms with Gasteiger partial charge in [0.2, 0.25) is 0 Å². The van der Waals surface area contributed by atoms with E-state index in [9.17, 15) is 24.3 Å². The maximum absolute atomic E-state index is 11.9. The monoisotopic (exact) mass is 1590 g/mol. The highest BCUT2D eigenvalue weighted by Crippen LogP contribution is 2.36. The Morgan fingerprint density at radius 1 is 0.407 bits per heavy atom. The fraction of sp³-hybridized carbons (Fsp3) is 0.416. The van der Waals surface area contributed by atoms with E-state index >= 15 is 0 Å². The van der Waals surface area contributed by atoms with E-state index in [0.29, 0.717) is 52.9 Å². The number of halogens is 2.